The number of methoxy groups -OCH3 is 2. The molecule has 2 amide bonds. The van der Waals surface area contributed by atoms with Gasteiger partial charge in [-0.05, 0) is 42.5 Å². The molecule has 5 rings (SSSR count). The Balaban J connectivity index is 1.37. The number of carbonyl (C=O) groups is 1. The fourth-order valence-electron chi connectivity index (χ4n) is 4.12. The summed E-state index contributed by atoms with van der Waals surface area (Å²) in [6.07, 6.45) is 1.62. The molecular formula is C25H25FN8O3. The number of piperazine rings is 1. The molecule has 11 nitrogen and oxygen atoms in total. The van der Waals surface area contributed by atoms with Gasteiger partial charge in [-0.1, -0.05) is 0 Å². The molecule has 0 bridgehead atoms. The zero-order valence-electron chi connectivity index (χ0n) is 20.3. The largest absolute Gasteiger partial charge is 0.493 e. The van der Waals surface area contributed by atoms with Crippen LogP contribution in [0.5, 0.6) is 11.5 Å². The minimum absolute atomic E-state index is 0.0900. The van der Waals surface area contributed by atoms with Crippen molar-refractivity contribution < 1.29 is 18.7 Å². The van der Waals surface area contributed by atoms with Crippen LogP contribution in [0.25, 0.3) is 22.4 Å². The number of carbonyl (C=O) groups excluding carboxylic acids is 1. The predicted molar refractivity (Wildman–Crippen MR) is 137 cm³/mol. The lowest BCUT2D eigenvalue weighted by atomic mass is 10.1. The molecule has 12 heteroatoms. The van der Waals surface area contributed by atoms with E-state index in [1.807, 2.05) is 17.0 Å². The van der Waals surface area contributed by atoms with Crippen LogP contribution in [0.2, 0.25) is 0 Å². The van der Waals surface area contributed by atoms with Crippen molar-refractivity contribution >= 4 is 34.6 Å². The zero-order chi connectivity index (χ0) is 25.9. The second kappa shape index (κ2) is 10.1. The van der Waals surface area contributed by atoms with E-state index in [2.05, 4.69) is 20.3 Å². The van der Waals surface area contributed by atoms with Crippen molar-refractivity contribution in [3.63, 3.8) is 0 Å². The molecule has 3 N–H and O–H groups in total. The molecule has 37 heavy (non-hydrogen) atoms. The van der Waals surface area contributed by atoms with Crippen molar-refractivity contribution in [1.82, 2.24) is 24.8 Å². The first kappa shape index (κ1) is 24.0. The average Bonchev–Trinajstić information content (AvgIpc) is 2.93. The number of nitrogens with two attached hydrogens (primary N) is 1. The molecule has 1 aliphatic rings. The molecule has 0 aliphatic carbocycles. The zero-order valence-corrected chi connectivity index (χ0v) is 20.3. The lowest BCUT2D eigenvalue weighted by molar-refractivity contribution is 0.208. The summed E-state index contributed by atoms with van der Waals surface area (Å²) in [6.45, 7) is 1.90. The Morgan fingerprint density at radius 3 is 2.41 bits per heavy atom. The molecule has 0 unspecified atom stereocenters. The van der Waals surface area contributed by atoms with Crippen molar-refractivity contribution in [3.8, 4) is 22.8 Å². The number of urea groups is 1. The molecule has 1 aliphatic heterocycles. The number of aromatic nitrogens is 4. The smallest absolute Gasteiger partial charge is 0.321 e. The van der Waals surface area contributed by atoms with Crippen molar-refractivity contribution in [2.24, 2.45) is 0 Å². The topological polar surface area (TPSA) is 132 Å². The normalized spacial score (nSPS) is 13.5. The highest BCUT2D eigenvalue weighted by molar-refractivity contribution is 5.90. The number of anilines is 3. The van der Waals surface area contributed by atoms with Gasteiger partial charge in [0.1, 0.15) is 5.82 Å². The summed E-state index contributed by atoms with van der Waals surface area (Å²) in [5.74, 6) is 1.47. The fraction of sp³-hybridized carbons (Fsp3) is 0.240. The minimum Gasteiger partial charge on any atom is -0.493 e. The van der Waals surface area contributed by atoms with Gasteiger partial charge in [0.15, 0.2) is 28.5 Å². The standard InChI is InChI=1S/C25H25FN8O3/c1-36-19-8-3-15(13-20(19)37-2)18-14-28-22-21(30-18)23(32-24(27)31-22)33-9-11-34(12-10-33)25(35)29-17-6-4-16(26)5-7-17/h3-8,13-14H,9-12H2,1-2H3,(H,29,35)(H2,27,28,31,32). The molecule has 4 aromatic rings. The number of fused-ring (bicyclic) bond motifs is 1. The van der Waals surface area contributed by atoms with Crippen molar-refractivity contribution in [2.75, 3.05) is 56.3 Å². The molecule has 1 saturated heterocycles. The van der Waals surface area contributed by atoms with Gasteiger partial charge in [0, 0.05) is 37.4 Å². The van der Waals surface area contributed by atoms with E-state index in [-0.39, 0.29) is 17.8 Å². The third kappa shape index (κ3) is 4.99. The van der Waals surface area contributed by atoms with Gasteiger partial charge in [-0.25, -0.2) is 19.2 Å². The maximum atomic E-state index is 13.1. The Hall–Kier alpha value is -4.74. The number of amides is 2. The van der Waals surface area contributed by atoms with Gasteiger partial charge < -0.3 is 30.3 Å². The summed E-state index contributed by atoms with van der Waals surface area (Å²) >= 11 is 0. The van der Waals surface area contributed by atoms with Crippen LogP contribution in [0.3, 0.4) is 0 Å². The Morgan fingerprint density at radius 2 is 1.70 bits per heavy atom. The molecule has 0 atom stereocenters. The van der Waals surface area contributed by atoms with Gasteiger partial charge in [-0.2, -0.15) is 9.97 Å². The number of hydrogen-bond donors (Lipinski definition) is 2. The van der Waals surface area contributed by atoms with E-state index < -0.39 is 0 Å². The Bertz CT molecular complexity index is 1440. The SMILES string of the molecule is COc1ccc(-c2cnc3nc(N)nc(N4CCN(C(=O)Nc5ccc(F)cc5)CC4)c3n2)cc1OC. The summed E-state index contributed by atoms with van der Waals surface area (Å²) in [5, 5.41) is 2.79. The number of rotatable bonds is 5. The maximum absolute atomic E-state index is 13.1. The monoisotopic (exact) mass is 504 g/mol. The van der Waals surface area contributed by atoms with Crippen LogP contribution in [0.4, 0.5) is 26.6 Å². The number of nitrogen functional groups attached to an aromatic ring is 1. The highest BCUT2D eigenvalue weighted by Gasteiger charge is 2.25. The molecule has 0 radical (unpaired) electrons. The third-order valence-corrected chi connectivity index (χ3v) is 6.05. The molecule has 0 spiro atoms. The fourth-order valence-corrected chi connectivity index (χ4v) is 4.12. The number of halogens is 1. The Kier molecular flexibility index (Phi) is 6.54. The molecule has 3 heterocycles. The lowest BCUT2D eigenvalue weighted by Gasteiger charge is -2.35. The van der Waals surface area contributed by atoms with E-state index >= 15 is 0 Å². The first-order chi connectivity index (χ1) is 17.9. The number of benzene rings is 2. The van der Waals surface area contributed by atoms with Crippen LogP contribution in [0.15, 0.2) is 48.7 Å². The molecule has 190 valence electrons. The van der Waals surface area contributed by atoms with Crippen molar-refractivity contribution in [2.45, 2.75) is 0 Å². The van der Waals surface area contributed by atoms with E-state index in [4.69, 9.17) is 20.2 Å². The lowest BCUT2D eigenvalue weighted by Crippen LogP contribution is -2.50. The van der Waals surface area contributed by atoms with Crippen LogP contribution in [0, 0.1) is 5.82 Å². The second-order valence-corrected chi connectivity index (χ2v) is 8.31. The number of nitrogens with one attached hydrogen (secondary N) is 1. The molecule has 2 aromatic carbocycles. The Labute approximate surface area is 212 Å². The summed E-state index contributed by atoms with van der Waals surface area (Å²) in [7, 11) is 3.15. The van der Waals surface area contributed by atoms with Crippen molar-refractivity contribution in [3.05, 3.63) is 54.5 Å². The molecule has 1 fully saturated rings. The highest BCUT2D eigenvalue weighted by atomic mass is 19.1. The maximum Gasteiger partial charge on any atom is 0.321 e. The van der Waals surface area contributed by atoms with Gasteiger partial charge in [0.05, 0.1) is 26.1 Å². The first-order valence-corrected chi connectivity index (χ1v) is 11.5. The van der Waals surface area contributed by atoms with Crippen LogP contribution >= 0.6 is 0 Å². The summed E-state index contributed by atoms with van der Waals surface area (Å²) in [5.41, 5.74) is 8.79. The van der Waals surface area contributed by atoms with Gasteiger partial charge in [0.25, 0.3) is 0 Å². The minimum atomic E-state index is -0.361. The first-order valence-electron chi connectivity index (χ1n) is 11.5. The number of ether oxygens (including phenoxy) is 2. The average molecular weight is 505 g/mol. The Morgan fingerprint density at radius 1 is 0.973 bits per heavy atom. The number of nitrogens with zero attached hydrogens (tertiary/aromatic N) is 6. The predicted octanol–water partition coefficient (Wildman–Crippen LogP) is 3.18. The third-order valence-electron chi connectivity index (χ3n) is 6.05. The number of hydrogen-bond acceptors (Lipinski definition) is 9. The molecule has 2 aromatic heterocycles. The van der Waals surface area contributed by atoms with Crippen LogP contribution < -0.4 is 25.4 Å². The quantitative estimate of drug-likeness (QED) is 0.421. The van der Waals surface area contributed by atoms with Crippen molar-refractivity contribution in [1.29, 1.82) is 0 Å². The van der Waals surface area contributed by atoms with Gasteiger partial charge in [-0.3, -0.25) is 0 Å². The molecule has 0 saturated carbocycles. The van der Waals surface area contributed by atoms with Gasteiger partial charge >= 0.3 is 6.03 Å². The van der Waals surface area contributed by atoms with E-state index in [0.29, 0.717) is 66.0 Å². The van der Waals surface area contributed by atoms with E-state index in [1.165, 1.54) is 24.3 Å². The van der Waals surface area contributed by atoms with E-state index in [9.17, 15) is 9.18 Å². The second-order valence-electron chi connectivity index (χ2n) is 8.31. The van der Waals surface area contributed by atoms with Crippen LogP contribution in [0.1, 0.15) is 0 Å². The summed E-state index contributed by atoms with van der Waals surface area (Å²) < 4.78 is 23.9. The van der Waals surface area contributed by atoms with E-state index in [0.717, 1.165) is 5.56 Å². The van der Waals surface area contributed by atoms with Gasteiger partial charge in [-0.15, -0.1) is 0 Å². The summed E-state index contributed by atoms with van der Waals surface area (Å²) in [4.78, 5) is 34.4. The highest BCUT2D eigenvalue weighted by Crippen LogP contribution is 2.32. The summed E-state index contributed by atoms with van der Waals surface area (Å²) in [6, 6.07) is 10.9. The van der Waals surface area contributed by atoms with Crippen LogP contribution in [-0.2, 0) is 0 Å². The van der Waals surface area contributed by atoms with Crippen LogP contribution in [-0.4, -0.2) is 71.3 Å². The van der Waals surface area contributed by atoms with E-state index in [1.54, 1.807) is 31.4 Å². The van der Waals surface area contributed by atoms with Gasteiger partial charge in [0.2, 0.25) is 5.95 Å². The molecular weight excluding hydrogens is 479 g/mol.